The average Bonchev–Trinajstić information content (AvgIpc) is 2.49. The minimum absolute atomic E-state index is 0.0587. The molecule has 0 saturated heterocycles. The quantitative estimate of drug-likeness (QED) is 0.889. The van der Waals surface area contributed by atoms with Gasteiger partial charge in [-0.25, -0.2) is 4.39 Å². The van der Waals surface area contributed by atoms with E-state index < -0.39 is 11.7 Å². The number of hydrogen-bond acceptors (Lipinski definition) is 3. The summed E-state index contributed by atoms with van der Waals surface area (Å²) in [6, 6.07) is 11.1. The zero-order valence-corrected chi connectivity index (χ0v) is 11.9. The predicted molar refractivity (Wildman–Crippen MR) is 78.9 cm³/mol. The van der Waals surface area contributed by atoms with Gasteiger partial charge in [0.15, 0.2) is 11.6 Å². The lowest BCUT2D eigenvalue weighted by Gasteiger charge is -2.12. The number of primary amides is 1. The molecule has 21 heavy (non-hydrogen) atoms. The van der Waals surface area contributed by atoms with Gasteiger partial charge in [0, 0.05) is 11.6 Å². The molecule has 2 aromatic carbocycles. The first kappa shape index (κ1) is 15.0. The lowest BCUT2D eigenvalue weighted by atomic mass is 10.1. The van der Waals surface area contributed by atoms with Crippen LogP contribution in [0.2, 0.25) is 0 Å². The molecule has 2 rings (SSSR count). The summed E-state index contributed by atoms with van der Waals surface area (Å²) in [4.78, 5) is 11.0. The summed E-state index contributed by atoms with van der Waals surface area (Å²) in [5.74, 6) is -0.381. The monoisotopic (exact) mass is 288 g/mol. The molecule has 0 aliphatic carbocycles. The summed E-state index contributed by atoms with van der Waals surface area (Å²) < 4.78 is 19.5. The maximum atomic E-state index is 14.0. The molecule has 1 amide bonds. The van der Waals surface area contributed by atoms with E-state index in [9.17, 15) is 9.18 Å². The second kappa shape index (κ2) is 6.37. The van der Waals surface area contributed by atoms with Gasteiger partial charge in [0.05, 0.1) is 0 Å². The summed E-state index contributed by atoms with van der Waals surface area (Å²) in [5, 5.41) is 3.04. The van der Waals surface area contributed by atoms with Gasteiger partial charge in [-0.1, -0.05) is 6.07 Å². The van der Waals surface area contributed by atoms with Crippen molar-refractivity contribution in [1.29, 1.82) is 0 Å². The van der Waals surface area contributed by atoms with E-state index in [-0.39, 0.29) is 11.8 Å². The normalized spacial score (nSPS) is 12.0. The number of amides is 1. The fraction of sp³-hybridized carbons (Fsp3) is 0.188. The van der Waals surface area contributed by atoms with Crippen molar-refractivity contribution in [2.24, 2.45) is 5.73 Å². The van der Waals surface area contributed by atoms with Crippen LogP contribution in [0.5, 0.6) is 11.5 Å². The number of rotatable bonds is 5. The van der Waals surface area contributed by atoms with Crippen molar-refractivity contribution in [1.82, 2.24) is 5.32 Å². The van der Waals surface area contributed by atoms with E-state index in [2.05, 4.69) is 5.32 Å². The summed E-state index contributed by atoms with van der Waals surface area (Å²) in [6.07, 6.45) is 0. The lowest BCUT2D eigenvalue weighted by Crippen LogP contribution is -2.12. The van der Waals surface area contributed by atoms with E-state index in [4.69, 9.17) is 10.5 Å². The molecule has 0 saturated carbocycles. The summed E-state index contributed by atoms with van der Waals surface area (Å²) in [5.41, 5.74) is 6.37. The zero-order chi connectivity index (χ0) is 15.4. The Bertz CT molecular complexity index is 641. The smallest absolute Gasteiger partial charge is 0.248 e. The van der Waals surface area contributed by atoms with E-state index in [0.717, 1.165) is 5.56 Å². The molecule has 2 aromatic rings. The molecule has 0 bridgehead atoms. The largest absolute Gasteiger partial charge is 0.454 e. The standard InChI is InChI=1S/C16H17FN2O2/c1-10(19-2)12-5-8-15(14(17)9-12)21-13-6-3-11(4-7-13)16(18)20/h3-10,19H,1-2H3,(H2,18,20). The number of benzene rings is 2. The molecule has 1 atom stereocenters. The molecule has 110 valence electrons. The van der Waals surface area contributed by atoms with Gasteiger partial charge in [-0.05, 0) is 55.9 Å². The summed E-state index contributed by atoms with van der Waals surface area (Å²) in [6.45, 7) is 1.94. The number of hydrogen-bond donors (Lipinski definition) is 2. The fourth-order valence-corrected chi connectivity index (χ4v) is 1.85. The Hall–Kier alpha value is -2.40. The van der Waals surface area contributed by atoms with Gasteiger partial charge in [-0.2, -0.15) is 0 Å². The number of ether oxygens (including phenoxy) is 1. The van der Waals surface area contributed by atoms with Crippen LogP contribution in [-0.2, 0) is 0 Å². The van der Waals surface area contributed by atoms with E-state index >= 15 is 0 Å². The number of nitrogens with one attached hydrogen (secondary N) is 1. The average molecular weight is 288 g/mol. The molecule has 3 N–H and O–H groups in total. The first-order chi connectivity index (χ1) is 10.0. The third-order valence-electron chi connectivity index (χ3n) is 3.26. The molecule has 0 radical (unpaired) electrons. The van der Waals surface area contributed by atoms with Gasteiger partial charge in [-0.3, -0.25) is 4.79 Å². The molecule has 0 fully saturated rings. The second-order valence-corrected chi connectivity index (χ2v) is 4.69. The highest BCUT2D eigenvalue weighted by atomic mass is 19.1. The summed E-state index contributed by atoms with van der Waals surface area (Å²) in [7, 11) is 1.81. The van der Waals surface area contributed by atoms with Crippen LogP contribution in [0.15, 0.2) is 42.5 Å². The second-order valence-electron chi connectivity index (χ2n) is 4.69. The first-order valence-corrected chi connectivity index (χ1v) is 6.55. The minimum atomic E-state index is -0.516. The van der Waals surface area contributed by atoms with E-state index in [1.807, 2.05) is 14.0 Å². The highest BCUT2D eigenvalue weighted by Gasteiger charge is 2.10. The number of carbonyl (C=O) groups excluding carboxylic acids is 1. The molecular formula is C16H17FN2O2. The fourth-order valence-electron chi connectivity index (χ4n) is 1.85. The lowest BCUT2D eigenvalue weighted by molar-refractivity contribution is 0.100. The van der Waals surface area contributed by atoms with Crippen LogP contribution >= 0.6 is 0 Å². The van der Waals surface area contributed by atoms with E-state index in [1.54, 1.807) is 24.3 Å². The van der Waals surface area contributed by atoms with Crippen molar-refractivity contribution in [3.8, 4) is 11.5 Å². The molecule has 0 heterocycles. The maximum Gasteiger partial charge on any atom is 0.248 e. The van der Waals surface area contributed by atoms with Gasteiger partial charge < -0.3 is 15.8 Å². The maximum absolute atomic E-state index is 14.0. The zero-order valence-electron chi connectivity index (χ0n) is 11.9. The Labute approximate surface area is 122 Å². The molecule has 5 heteroatoms. The van der Waals surface area contributed by atoms with Gasteiger partial charge in [0.1, 0.15) is 5.75 Å². The van der Waals surface area contributed by atoms with E-state index in [1.165, 1.54) is 18.2 Å². The van der Waals surface area contributed by atoms with Gasteiger partial charge >= 0.3 is 0 Å². The molecule has 0 aromatic heterocycles. The molecule has 0 spiro atoms. The van der Waals surface area contributed by atoms with Crippen molar-refractivity contribution in [3.63, 3.8) is 0 Å². The van der Waals surface area contributed by atoms with Crippen molar-refractivity contribution < 1.29 is 13.9 Å². The minimum Gasteiger partial charge on any atom is -0.454 e. The number of halogens is 1. The Kier molecular flexibility index (Phi) is 4.55. The highest BCUT2D eigenvalue weighted by molar-refractivity contribution is 5.92. The molecule has 0 aliphatic heterocycles. The van der Waals surface area contributed by atoms with Gasteiger partial charge in [0.2, 0.25) is 5.91 Å². The Balaban J connectivity index is 2.17. The van der Waals surface area contributed by atoms with Gasteiger partial charge in [-0.15, -0.1) is 0 Å². The molecule has 4 nitrogen and oxygen atoms in total. The molecule has 1 unspecified atom stereocenters. The Morgan fingerprint density at radius 2 is 1.90 bits per heavy atom. The number of carbonyl (C=O) groups is 1. The highest BCUT2D eigenvalue weighted by Crippen LogP contribution is 2.27. The first-order valence-electron chi connectivity index (χ1n) is 6.55. The number of nitrogens with two attached hydrogens (primary N) is 1. The van der Waals surface area contributed by atoms with Crippen LogP contribution in [0.3, 0.4) is 0 Å². The molecule has 0 aliphatic rings. The SMILES string of the molecule is CNC(C)c1ccc(Oc2ccc(C(N)=O)cc2)c(F)c1. The van der Waals surface area contributed by atoms with E-state index in [0.29, 0.717) is 11.3 Å². The Morgan fingerprint density at radius 3 is 2.43 bits per heavy atom. The van der Waals surface area contributed by atoms with Crippen LogP contribution < -0.4 is 15.8 Å². The van der Waals surface area contributed by atoms with Crippen molar-refractivity contribution in [3.05, 3.63) is 59.4 Å². The van der Waals surface area contributed by atoms with Crippen molar-refractivity contribution in [2.75, 3.05) is 7.05 Å². The Morgan fingerprint density at radius 1 is 1.24 bits per heavy atom. The summed E-state index contributed by atoms with van der Waals surface area (Å²) >= 11 is 0. The molecular weight excluding hydrogens is 271 g/mol. The van der Waals surface area contributed by atoms with Crippen LogP contribution in [0.1, 0.15) is 28.9 Å². The van der Waals surface area contributed by atoms with Crippen LogP contribution in [-0.4, -0.2) is 13.0 Å². The van der Waals surface area contributed by atoms with Gasteiger partial charge in [0.25, 0.3) is 0 Å². The third kappa shape index (κ3) is 3.58. The topological polar surface area (TPSA) is 64.3 Å². The van der Waals surface area contributed by atoms with Crippen LogP contribution in [0, 0.1) is 5.82 Å². The third-order valence-corrected chi connectivity index (χ3v) is 3.26. The van der Waals surface area contributed by atoms with Crippen molar-refractivity contribution >= 4 is 5.91 Å². The predicted octanol–water partition coefficient (Wildman–Crippen LogP) is 3.00. The van der Waals surface area contributed by atoms with Crippen molar-refractivity contribution in [2.45, 2.75) is 13.0 Å². The van der Waals surface area contributed by atoms with Crippen LogP contribution in [0.25, 0.3) is 0 Å². The van der Waals surface area contributed by atoms with Crippen LogP contribution in [0.4, 0.5) is 4.39 Å².